The second kappa shape index (κ2) is 11.6. The van der Waals surface area contributed by atoms with E-state index in [-0.39, 0.29) is 16.9 Å². The monoisotopic (exact) mass is 567 g/mol. The first kappa shape index (κ1) is 30.5. The number of piperidine rings is 3. The molecule has 0 radical (unpaired) electrons. The summed E-state index contributed by atoms with van der Waals surface area (Å²) in [6.45, 7) is 25.8. The summed E-state index contributed by atoms with van der Waals surface area (Å²) in [7, 11) is 1.82. The predicted octanol–water partition coefficient (Wildman–Crippen LogP) is 8.69. The van der Waals surface area contributed by atoms with Crippen LogP contribution < -0.4 is 4.74 Å². The molecule has 3 aliphatic rings. The molecule has 4 heteroatoms. The van der Waals surface area contributed by atoms with Crippen molar-refractivity contribution in [3.63, 3.8) is 0 Å². The van der Waals surface area contributed by atoms with E-state index in [0.717, 1.165) is 41.8 Å². The molecule has 3 aliphatic heterocycles. The summed E-state index contributed by atoms with van der Waals surface area (Å²) in [6, 6.07) is 15.9. The molecule has 1 aromatic heterocycles. The Kier molecular flexibility index (Phi) is 8.44. The van der Waals surface area contributed by atoms with E-state index in [1.54, 1.807) is 0 Å². The molecule has 0 aliphatic carbocycles. The highest BCUT2D eigenvalue weighted by molar-refractivity contribution is 5.82. The van der Waals surface area contributed by atoms with E-state index in [9.17, 15) is 0 Å². The lowest BCUT2D eigenvalue weighted by Crippen LogP contribution is -2.67. The van der Waals surface area contributed by atoms with Crippen molar-refractivity contribution in [2.24, 2.45) is 11.8 Å². The maximum absolute atomic E-state index is 6.79. The molecule has 6 rings (SSSR count). The van der Waals surface area contributed by atoms with Gasteiger partial charge in [0.25, 0.3) is 0 Å². The second-order valence-electron chi connectivity index (χ2n) is 14.7. The molecule has 0 N–H and O–H groups in total. The minimum Gasteiger partial charge on any atom is -0.496 e. The van der Waals surface area contributed by atoms with E-state index >= 15 is 0 Å². The zero-order chi connectivity index (χ0) is 30.3. The molecule has 224 valence electrons. The summed E-state index contributed by atoms with van der Waals surface area (Å²) in [4.78, 5) is 4.68. The van der Waals surface area contributed by atoms with Crippen molar-refractivity contribution in [2.45, 2.75) is 83.9 Å². The molecule has 2 bridgehead atoms. The van der Waals surface area contributed by atoms with Gasteiger partial charge in [0.15, 0.2) is 0 Å². The largest absolute Gasteiger partial charge is 0.496 e. The molecule has 3 saturated heterocycles. The fraction of sp³-hybridized carbons (Fsp3) is 0.500. The molecule has 0 spiro atoms. The molecule has 0 saturated carbocycles. The number of benzene rings is 2. The Balaban J connectivity index is 1.66. The van der Waals surface area contributed by atoms with E-state index in [1.807, 2.05) is 19.4 Å². The maximum Gasteiger partial charge on any atom is 0.135 e. The van der Waals surface area contributed by atoms with Crippen molar-refractivity contribution in [3.05, 3.63) is 96.2 Å². The molecular weight excluding hydrogens is 516 g/mol. The third-order valence-electron chi connectivity index (χ3n) is 9.87. The fourth-order valence-corrected chi connectivity index (χ4v) is 7.79. The van der Waals surface area contributed by atoms with Crippen molar-refractivity contribution in [3.8, 4) is 5.75 Å². The van der Waals surface area contributed by atoms with E-state index < -0.39 is 0 Å². The third kappa shape index (κ3) is 5.68. The lowest BCUT2D eigenvalue weighted by atomic mass is 9.70. The number of methoxy groups -OCH3 is 1. The summed E-state index contributed by atoms with van der Waals surface area (Å²) in [5, 5.41) is 1.18. The highest BCUT2D eigenvalue weighted by atomic mass is 16.5. The minimum atomic E-state index is -0.0492. The first-order valence-electron chi connectivity index (χ1n) is 15.7. The van der Waals surface area contributed by atoms with Crippen molar-refractivity contribution in [1.82, 2.24) is 4.98 Å². The summed E-state index contributed by atoms with van der Waals surface area (Å²) in [5.41, 5.74) is 6.15. The average Bonchev–Trinajstić information content (AvgIpc) is 2.96. The van der Waals surface area contributed by atoms with Gasteiger partial charge in [0.1, 0.15) is 24.4 Å². The zero-order valence-electron chi connectivity index (χ0n) is 27.0. The molecule has 2 aromatic carbocycles. The van der Waals surface area contributed by atoms with Crippen LogP contribution in [0.5, 0.6) is 5.75 Å². The number of hydrogen-bond acceptors (Lipinski definition) is 3. The summed E-state index contributed by atoms with van der Waals surface area (Å²) in [6.07, 6.45) is 8.37. The number of fused-ring (bicyclic) bond motifs is 4. The molecule has 42 heavy (non-hydrogen) atoms. The van der Waals surface area contributed by atoms with Gasteiger partial charge in [-0.15, -0.1) is 13.2 Å². The van der Waals surface area contributed by atoms with Gasteiger partial charge in [0, 0.05) is 47.0 Å². The molecule has 4 heterocycles. The van der Waals surface area contributed by atoms with Crippen LogP contribution in [-0.4, -0.2) is 42.3 Å². The Labute approximate surface area is 254 Å². The lowest BCUT2D eigenvalue weighted by Gasteiger charge is -2.58. The van der Waals surface area contributed by atoms with Gasteiger partial charge in [-0.25, -0.2) is 0 Å². The van der Waals surface area contributed by atoms with Crippen LogP contribution in [0, 0.1) is 11.8 Å². The predicted molar refractivity (Wildman–Crippen MR) is 175 cm³/mol. The van der Waals surface area contributed by atoms with Crippen molar-refractivity contribution >= 4 is 10.9 Å². The van der Waals surface area contributed by atoms with Gasteiger partial charge in [0.2, 0.25) is 0 Å². The lowest BCUT2D eigenvalue weighted by molar-refractivity contribution is -0.985. The van der Waals surface area contributed by atoms with Gasteiger partial charge in [0.05, 0.1) is 32.3 Å². The van der Waals surface area contributed by atoms with Crippen LogP contribution in [0.3, 0.4) is 0 Å². The molecular formula is C38H51N2O2+. The number of hydrogen-bond donors (Lipinski definition) is 0. The van der Waals surface area contributed by atoms with E-state index in [2.05, 4.69) is 108 Å². The van der Waals surface area contributed by atoms with Gasteiger partial charge in [-0.1, -0.05) is 71.9 Å². The Morgan fingerprint density at radius 3 is 2.33 bits per heavy atom. The van der Waals surface area contributed by atoms with E-state index in [1.165, 1.54) is 34.1 Å². The molecule has 4 unspecified atom stereocenters. The maximum atomic E-state index is 6.79. The summed E-state index contributed by atoms with van der Waals surface area (Å²) < 4.78 is 13.9. The number of ether oxygens (including phenoxy) is 2. The van der Waals surface area contributed by atoms with E-state index in [4.69, 9.17) is 9.47 Å². The smallest absolute Gasteiger partial charge is 0.135 e. The first-order chi connectivity index (χ1) is 19.9. The van der Waals surface area contributed by atoms with Crippen LogP contribution in [0.2, 0.25) is 0 Å². The highest BCUT2D eigenvalue weighted by Gasteiger charge is 2.54. The normalized spacial score (nSPS) is 24.9. The molecule has 5 atom stereocenters. The van der Waals surface area contributed by atoms with Crippen LogP contribution in [0.25, 0.3) is 10.9 Å². The van der Waals surface area contributed by atoms with Crippen molar-refractivity contribution in [1.29, 1.82) is 0 Å². The number of quaternary nitrogens is 1. The Morgan fingerprint density at radius 1 is 1.02 bits per heavy atom. The minimum absolute atomic E-state index is 0.0368. The Hall–Kier alpha value is -2.95. The fourth-order valence-electron chi connectivity index (χ4n) is 7.79. The number of rotatable bonds is 9. The first-order valence-corrected chi connectivity index (χ1v) is 15.7. The Morgan fingerprint density at radius 2 is 1.71 bits per heavy atom. The van der Waals surface area contributed by atoms with Gasteiger partial charge in [-0.2, -0.15) is 0 Å². The second-order valence-corrected chi connectivity index (χ2v) is 14.7. The Bertz CT molecular complexity index is 1410. The van der Waals surface area contributed by atoms with Crippen molar-refractivity contribution < 1.29 is 14.0 Å². The molecule has 0 amide bonds. The van der Waals surface area contributed by atoms with Crippen LogP contribution >= 0.6 is 0 Å². The topological polar surface area (TPSA) is 31.4 Å². The van der Waals surface area contributed by atoms with Crippen molar-refractivity contribution in [2.75, 3.05) is 26.8 Å². The average molecular weight is 568 g/mol. The standard InChI is InChI=1S/C38H51N2O2/c1-10-20-42-35(30-16-18-39-33-15-13-12-14-29(30)33)34-23-28-17-19-40(34,25-27(28)11-2)24-26-21-31(37(3,4)5)36(41-9)32(22-26)38(6,7)8/h10-16,18,21-22,27-28,34-35H,1-2,17,19-20,23-25H2,3-9H3/q+1/t27?,28?,34?,35-,40?/m1/s1. The van der Waals surface area contributed by atoms with Crippen LogP contribution in [0.4, 0.5) is 0 Å². The highest BCUT2D eigenvalue weighted by Crippen LogP contribution is 2.50. The zero-order valence-corrected chi connectivity index (χ0v) is 27.0. The van der Waals surface area contributed by atoms with Gasteiger partial charge >= 0.3 is 0 Å². The van der Waals surface area contributed by atoms with E-state index in [0.29, 0.717) is 24.5 Å². The number of para-hydroxylation sites is 1. The SMILES string of the molecule is C=CCO[C@H](c1ccnc2ccccc12)C1CC2CC[N+]1(Cc1cc(C(C)(C)C)c(OC)c(C(C)(C)C)c1)CC2C=C. The van der Waals surface area contributed by atoms with Gasteiger partial charge < -0.3 is 14.0 Å². The summed E-state index contributed by atoms with van der Waals surface area (Å²) in [5.74, 6) is 2.19. The van der Waals surface area contributed by atoms with Crippen LogP contribution in [0.15, 0.2) is 74.0 Å². The number of pyridine rings is 1. The number of nitrogens with zero attached hydrogens (tertiary/aromatic N) is 2. The number of aromatic nitrogens is 1. The third-order valence-corrected chi connectivity index (χ3v) is 9.87. The summed E-state index contributed by atoms with van der Waals surface area (Å²) >= 11 is 0. The molecule has 3 fully saturated rings. The quantitative estimate of drug-likeness (QED) is 0.191. The van der Waals surface area contributed by atoms with Gasteiger partial charge in [-0.3, -0.25) is 4.98 Å². The van der Waals surface area contributed by atoms with Gasteiger partial charge in [-0.05, 0) is 46.6 Å². The molecule has 3 aromatic rings. The molecule has 4 nitrogen and oxygen atoms in total. The van der Waals surface area contributed by atoms with Crippen LogP contribution in [0.1, 0.15) is 82.7 Å². The van der Waals surface area contributed by atoms with Crippen LogP contribution in [-0.2, 0) is 22.1 Å².